The largest absolute Gasteiger partial charge is 0.356 e. The Morgan fingerprint density at radius 2 is 1.95 bits per heavy atom. The fourth-order valence-electron chi connectivity index (χ4n) is 2.20. The zero-order valence-corrected chi connectivity index (χ0v) is 12.6. The van der Waals surface area contributed by atoms with Gasteiger partial charge >= 0.3 is 0 Å². The van der Waals surface area contributed by atoms with Gasteiger partial charge < -0.3 is 5.32 Å². The third-order valence-electron chi connectivity index (χ3n) is 3.69. The van der Waals surface area contributed by atoms with Crippen LogP contribution < -0.4 is 5.32 Å². The summed E-state index contributed by atoms with van der Waals surface area (Å²) in [5.41, 5.74) is 1.000. The van der Waals surface area contributed by atoms with Gasteiger partial charge in [-0.05, 0) is 36.5 Å². The lowest BCUT2D eigenvalue weighted by Gasteiger charge is -2.15. The predicted molar refractivity (Wildman–Crippen MR) is 81.0 cm³/mol. The summed E-state index contributed by atoms with van der Waals surface area (Å²) in [5, 5.41) is 3.01. The van der Waals surface area contributed by atoms with Gasteiger partial charge in [-0.1, -0.05) is 45.2 Å². The molecule has 0 bridgehead atoms. The Labute approximate surface area is 121 Å². The number of amides is 1. The predicted octanol–water partition coefficient (Wildman–Crippen LogP) is 4.09. The molecule has 0 fully saturated rings. The lowest BCUT2D eigenvalue weighted by Crippen LogP contribution is -2.29. The van der Waals surface area contributed by atoms with Crippen molar-refractivity contribution in [2.45, 2.75) is 52.4 Å². The smallest absolute Gasteiger partial charge is 0.220 e. The molecule has 0 heterocycles. The first kappa shape index (κ1) is 16.7. The van der Waals surface area contributed by atoms with Crippen LogP contribution in [-0.4, -0.2) is 12.5 Å². The van der Waals surface area contributed by atoms with Crippen LogP contribution in [0.25, 0.3) is 0 Å². The molecule has 1 aromatic carbocycles. The van der Waals surface area contributed by atoms with Crippen molar-refractivity contribution in [2.24, 2.45) is 5.92 Å². The van der Waals surface area contributed by atoms with E-state index in [2.05, 4.69) is 19.2 Å². The van der Waals surface area contributed by atoms with E-state index in [1.54, 1.807) is 12.1 Å². The molecule has 1 rings (SSSR count). The minimum atomic E-state index is -0.236. The average Bonchev–Trinajstić information content (AvgIpc) is 2.47. The van der Waals surface area contributed by atoms with E-state index in [9.17, 15) is 9.18 Å². The van der Waals surface area contributed by atoms with Crippen molar-refractivity contribution in [2.75, 3.05) is 6.54 Å². The van der Waals surface area contributed by atoms with Crippen molar-refractivity contribution in [3.05, 3.63) is 35.6 Å². The third kappa shape index (κ3) is 6.69. The molecular formula is C17H26FNO. The van der Waals surface area contributed by atoms with Crippen LogP contribution in [0.1, 0.15) is 51.5 Å². The highest BCUT2D eigenvalue weighted by Crippen LogP contribution is 2.11. The summed E-state index contributed by atoms with van der Waals surface area (Å²) in [4.78, 5) is 11.8. The van der Waals surface area contributed by atoms with E-state index in [1.807, 2.05) is 0 Å². The Bertz CT molecular complexity index is 388. The SMILES string of the molecule is CCCC[C@H](CC)CNC(=O)CCc1ccc(F)cc1. The number of rotatable bonds is 9. The van der Waals surface area contributed by atoms with Crippen LogP contribution in [0.5, 0.6) is 0 Å². The first-order chi connectivity index (χ1) is 9.65. The number of hydrogen-bond donors (Lipinski definition) is 1. The van der Waals surface area contributed by atoms with Gasteiger partial charge in [-0.15, -0.1) is 0 Å². The van der Waals surface area contributed by atoms with E-state index in [0.29, 0.717) is 18.8 Å². The van der Waals surface area contributed by atoms with Gasteiger partial charge in [0.15, 0.2) is 0 Å². The molecule has 112 valence electrons. The molecular weight excluding hydrogens is 253 g/mol. The first-order valence-corrected chi connectivity index (χ1v) is 7.66. The van der Waals surface area contributed by atoms with E-state index in [-0.39, 0.29) is 11.7 Å². The average molecular weight is 279 g/mol. The summed E-state index contributed by atoms with van der Waals surface area (Å²) < 4.78 is 12.8. The molecule has 20 heavy (non-hydrogen) atoms. The quantitative estimate of drug-likeness (QED) is 0.724. The van der Waals surface area contributed by atoms with Crippen molar-refractivity contribution in [3.63, 3.8) is 0 Å². The Balaban J connectivity index is 2.24. The van der Waals surface area contributed by atoms with Crippen molar-refractivity contribution in [1.29, 1.82) is 0 Å². The number of aryl methyl sites for hydroxylation is 1. The number of nitrogens with one attached hydrogen (secondary N) is 1. The highest BCUT2D eigenvalue weighted by molar-refractivity contribution is 5.76. The molecule has 0 aliphatic rings. The maximum absolute atomic E-state index is 12.8. The second kappa shape index (κ2) is 9.51. The molecule has 1 amide bonds. The van der Waals surface area contributed by atoms with Gasteiger partial charge in [-0.3, -0.25) is 4.79 Å². The van der Waals surface area contributed by atoms with Gasteiger partial charge in [0.25, 0.3) is 0 Å². The summed E-state index contributed by atoms with van der Waals surface area (Å²) in [6.45, 7) is 5.14. The molecule has 0 aliphatic heterocycles. The Morgan fingerprint density at radius 1 is 1.25 bits per heavy atom. The molecule has 0 radical (unpaired) electrons. The standard InChI is InChI=1S/C17H26FNO/c1-3-5-6-14(4-2)13-19-17(20)12-9-15-7-10-16(18)11-8-15/h7-8,10-11,14H,3-6,9,12-13H2,1-2H3,(H,19,20)/t14-/m0/s1. The summed E-state index contributed by atoms with van der Waals surface area (Å²) in [5.74, 6) is 0.439. The number of benzene rings is 1. The summed E-state index contributed by atoms with van der Waals surface area (Å²) in [6, 6.07) is 6.34. The second-order valence-corrected chi connectivity index (χ2v) is 5.35. The fourth-order valence-corrected chi connectivity index (χ4v) is 2.20. The number of carbonyl (C=O) groups is 1. The normalized spacial score (nSPS) is 12.2. The van der Waals surface area contributed by atoms with Crippen LogP contribution in [0.4, 0.5) is 4.39 Å². The number of carbonyl (C=O) groups excluding carboxylic acids is 1. The zero-order chi connectivity index (χ0) is 14.8. The summed E-state index contributed by atoms with van der Waals surface area (Å²) in [6.07, 6.45) is 5.86. The molecule has 1 aromatic rings. The van der Waals surface area contributed by atoms with Crippen LogP contribution in [0.3, 0.4) is 0 Å². The maximum atomic E-state index is 12.8. The first-order valence-electron chi connectivity index (χ1n) is 7.66. The highest BCUT2D eigenvalue weighted by Gasteiger charge is 2.08. The molecule has 0 saturated carbocycles. The lowest BCUT2D eigenvalue weighted by molar-refractivity contribution is -0.121. The monoisotopic (exact) mass is 279 g/mol. The molecule has 0 aromatic heterocycles. The van der Waals surface area contributed by atoms with Crippen LogP contribution in [-0.2, 0) is 11.2 Å². The molecule has 1 N–H and O–H groups in total. The molecule has 0 saturated heterocycles. The van der Waals surface area contributed by atoms with Gasteiger partial charge in [-0.2, -0.15) is 0 Å². The molecule has 0 aliphatic carbocycles. The third-order valence-corrected chi connectivity index (χ3v) is 3.69. The van der Waals surface area contributed by atoms with Gasteiger partial charge in [0, 0.05) is 13.0 Å². The number of halogens is 1. The van der Waals surface area contributed by atoms with Gasteiger partial charge in [0.05, 0.1) is 0 Å². The Kier molecular flexibility index (Phi) is 7.93. The van der Waals surface area contributed by atoms with Gasteiger partial charge in [0.2, 0.25) is 5.91 Å². The van der Waals surface area contributed by atoms with E-state index >= 15 is 0 Å². The van der Waals surface area contributed by atoms with E-state index in [1.165, 1.54) is 31.4 Å². The minimum absolute atomic E-state index is 0.0873. The van der Waals surface area contributed by atoms with Crippen LogP contribution in [0.15, 0.2) is 24.3 Å². The van der Waals surface area contributed by atoms with Crippen molar-refractivity contribution in [1.82, 2.24) is 5.32 Å². The Morgan fingerprint density at radius 3 is 2.55 bits per heavy atom. The van der Waals surface area contributed by atoms with Crippen LogP contribution >= 0.6 is 0 Å². The maximum Gasteiger partial charge on any atom is 0.220 e. The summed E-state index contributed by atoms with van der Waals surface area (Å²) >= 11 is 0. The van der Waals surface area contributed by atoms with Crippen molar-refractivity contribution >= 4 is 5.91 Å². The topological polar surface area (TPSA) is 29.1 Å². The van der Waals surface area contributed by atoms with Gasteiger partial charge in [0.1, 0.15) is 5.82 Å². The van der Waals surface area contributed by atoms with Crippen molar-refractivity contribution in [3.8, 4) is 0 Å². The molecule has 0 unspecified atom stereocenters. The second-order valence-electron chi connectivity index (χ2n) is 5.35. The molecule has 0 spiro atoms. The number of hydrogen-bond acceptors (Lipinski definition) is 1. The van der Waals surface area contributed by atoms with E-state index < -0.39 is 0 Å². The van der Waals surface area contributed by atoms with Gasteiger partial charge in [-0.25, -0.2) is 4.39 Å². The van der Waals surface area contributed by atoms with Crippen molar-refractivity contribution < 1.29 is 9.18 Å². The van der Waals surface area contributed by atoms with E-state index in [0.717, 1.165) is 18.5 Å². The summed E-state index contributed by atoms with van der Waals surface area (Å²) in [7, 11) is 0. The molecule has 3 heteroatoms. The van der Waals surface area contributed by atoms with E-state index in [4.69, 9.17) is 0 Å². The zero-order valence-electron chi connectivity index (χ0n) is 12.6. The molecule has 1 atom stereocenters. The number of unbranched alkanes of at least 4 members (excludes halogenated alkanes) is 1. The Hall–Kier alpha value is -1.38. The van der Waals surface area contributed by atoms with Crippen LogP contribution in [0.2, 0.25) is 0 Å². The fraction of sp³-hybridized carbons (Fsp3) is 0.588. The lowest BCUT2D eigenvalue weighted by atomic mass is 9.99. The molecule has 2 nitrogen and oxygen atoms in total. The minimum Gasteiger partial charge on any atom is -0.356 e. The van der Waals surface area contributed by atoms with Crippen LogP contribution in [0, 0.1) is 11.7 Å². The highest BCUT2D eigenvalue weighted by atomic mass is 19.1.